The van der Waals surface area contributed by atoms with Gasteiger partial charge in [-0.25, -0.2) is 8.42 Å². The molecule has 7 nitrogen and oxygen atoms in total. The van der Waals surface area contributed by atoms with Crippen molar-refractivity contribution in [2.75, 3.05) is 17.4 Å². The summed E-state index contributed by atoms with van der Waals surface area (Å²) in [5.74, 6) is -0.695. The molecule has 0 unspecified atom stereocenters. The van der Waals surface area contributed by atoms with Crippen molar-refractivity contribution >= 4 is 27.5 Å². The van der Waals surface area contributed by atoms with Gasteiger partial charge in [-0.3, -0.25) is 13.9 Å². The van der Waals surface area contributed by atoms with Crippen LogP contribution in [0.15, 0.2) is 77.7 Å². The van der Waals surface area contributed by atoms with Crippen molar-refractivity contribution < 1.29 is 18.0 Å². The third-order valence-electron chi connectivity index (χ3n) is 6.93. The van der Waals surface area contributed by atoms with E-state index in [-0.39, 0.29) is 17.3 Å². The summed E-state index contributed by atoms with van der Waals surface area (Å²) in [7, 11) is -4.07. The Hall–Kier alpha value is -3.65. The summed E-state index contributed by atoms with van der Waals surface area (Å²) in [4.78, 5) is 28.9. The van der Waals surface area contributed by atoms with E-state index in [4.69, 9.17) is 0 Å². The molecule has 208 valence electrons. The Morgan fingerprint density at radius 2 is 1.51 bits per heavy atom. The van der Waals surface area contributed by atoms with Gasteiger partial charge in [0.25, 0.3) is 10.0 Å². The Morgan fingerprint density at radius 1 is 0.846 bits per heavy atom. The molecule has 3 aromatic carbocycles. The number of amides is 2. The fraction of sp³-hybridized carbons (Fsp3) is 0.355. The average Bonchev–Trinajstić information content (AvgIpc) is 2.93. The molecule has 1 N–H and O–H groups in total. The number of benzene rings is 3. The molecule has 0 bridgehead atoms. The first-order valence-electron chi connectivity index (χ1n) is 13.4. The van der Waals surface area contributed by atoms with Gasteiger partial charge in [0.2, 0.25) is 11.8 Å². The summed E-state index contributed by atoms with van der Waals surface area (Å²) in [6.45, 7) is 9.88. The van der Waals surface area contributed by atoms with Gasteiger partial charge in [-0.15, -0.1) is 0 Å². The molecule has 3 rings (SSSR count). The maximum Gasteiger partial charge on any atom is 0.264 e. The molecule has 0 heterocycles. The summed E-state index contributed by atoms with van der Waals surface area (Å²) in [5.41, 5.74) is 4.21. The van der Waals surface area contributed by atoms with Gasteiger partial charge in [0.15, 0.2) is 0 Å². The smallest absolute Gasteiger partial charge is 0.264 e. The third-order valence-corrected chi connectivity index (χ3v) is 8.71. The number of carbonyl (C=O) groups is 2. The molecule has 0 saturated heterocycles. The van der Waals surface area contributed by atoms with Crippen LogP contribution in [0.25, 0.3) is 0 Å². The molecule has 8 heteroatoms. The number of sulfonamides is 1. The minimum absolute atomic E-state index is 0.0919. The molecule has 0 aromatic heterocycles. The highest BCUT2D eigenvalue weighted by Gasteiger charge is 2.33. The van der Waals surface area contributed by atoms with E-state index in [9.17, 15) is 18.0 Å². The molecular formula is C31H39N3O4S. The highest BCUT2D eigenvalue weighted by molar-refractivity contribution is 7.92. The van der Waals surface area contributed by atoms with Crippen molar-refractivity contribution in [2.45, 2.75) is 64.9 Å². The molecule has 39 heavy (non-hydrogen) atoms. The predicted octanol–water partition coefficient (Wildman–Crippen LogP) is 5.14. The summed E-state index contributed by atoms with van der Waals surface area (Å²) < 4.78 is 28.9. The molecule has 0 radical (unpaired) electrons. The summed E-state index contributed by atoms with van der Waals surface area (Å²) in [6.07, 6.45) is 1.16. The lowest BCUT2D eigenvalue weighted by Crippen LogP contribution is -2.52. The molecule has 0 aliphatic carbocycles. The van der Waals surface area contributed by atoms with Crippen LogP contribution in [0.4, 0.5) is 5.69 Å². The minimum atomic E-state index is -4.07. The second-order valence-corrected chi connectivity index (χ2v) is 11.6. The van der Waals surface area contributed by atoms with Crippen LogP contribution in [0, 0.1) is 20.8 Å². The number of aryl methyl sites for hydroxylation is 3. The summed E-state index contributed by atoms with van der Waals surface area (Å²) >= 11 is 0. The fourth-order valence-electron chi connectivity index (χ4n) is 4.39. The normalized spacial score (nSPS) is 12.0. The van der Waals surface area contributed by atoms with Crippen LogP contribution in [-0.2, 0) is 26.2 Å². The molecule has 0 fully saturated rings. The van der Waals surface area contributed by atoms with Gasteiger partial charge < -0.3 is 10.2 Å². The number of hydrogen-bond acceptors (Lipinski definition) is 4. The number of nitrogens with one attached hydrogen (secondary N) is 1. The lowest BCUT2D eigenvalue weighted by molar-refractivity contribution is -0.140. The molecule has 0 aliphatic rings. The first-order valence-corrected chi connectivity index (χ1v) is 14.8. The Labute approximate surface area is 232 Å². The highest BCUT2D eigenvalue weighted by Crippen LogP contribution is 2.27. The quantitative estimate of drug-likeness (QED) is 0.339. The van der Waals surface area contributed by atoms with Gasteiger partial charge in [-0.2, -0.15) is 0 Å². The number of hydrogen-bond donors (Lipinski definition) is 1. The van der Waals surface area contributed by atoms with E-state index in [0.717, 1.165) is 33.0 Å². The van der Waals surface area contributed by atoms with Crippen molar-refractivity contribution in [1.82, 2.24) is 10.2 Å². The SMILES string of the molecule is CCCNC(=O)[C@@H](CC)N(Cc1ccccc1C)C(=O)CN(c1ccc(C)c(C)c1)S(=O)(=O)c1ccccc1. The van der Waals surface area contributed by atoms with Crippen molar-refractivity contribution in [3.05, 3.63) is 95.1 Å². The van der Waals surface area contributed by atoms with Crippen molar-refractivity contribution in [3.63, 3.8) is 0 Å². The van der Waals surface area contributed by atoms with Crippen LogP contribution in [0.5, 0.6) is 0 Å². The third kappa shape index (κ3) is 7.26. The lowest BCUT2D eigenvalue weighted by atomic mass is 10.1. The number of anilines is 1. The Balaban J connectivity index is 2.07. The molecular weight excluding hydrogens is 510 g/mol. The number of carbonyl (C=O) groups excluding carboxylic acids is 2. The van der Waals surface area contributed by atoms with Gasteiger partial charge in [-0.1, -0.05) is 62.4 Å². The van der Waals surface area contributed by atoms with Crippen molar-refractivity contribution in [1.29, 1.82) is 0 Å². The van der Waals surface area contributed by atoms with E-state index in [1.165, 1.54) is 17.0 Å². The van der Waals surface area contributed by atoms with Gasteiger partial charge >= 0.3 is 0 Å². The van der Waals surface area contributed by atoms with Gasteiger partial charge in [0.05, 0.1) is 10.6 Å². The van der Waals surface area contributed by atoms with Gasteiger partial charge in [0, 0.05) is 13.1 Å². The molecule has 0 spiro atoms. The second kappa shape index (κ2) is 13.4. The average molecular weight is 550 g/mol. The van der Waals surface area contributed by atoms with Crippen molar-refractivity contribution in [2.24, 2.45) is 0 Å². The zero-order chi connectivity index (χ0) is 28.6. The van der Waals surface area contributed by atoms with E-state index in [0.29, 0.717) is 18.7 Å². The van der Waals surface area contributed by atoms with Crippen LogP contribution >= 0.6 is 0 Å². The number of rotatable bonds is 12. The first kappa shape index (κ1) is 29.9. The van der Waals surface area contributed by atoms with Gasteiger partial charge in [-0.05, 0) is 80.1 Å². The lowest BCUT2D eigenvalue weighted by Gasteiger charge is -2.33. The van der Waals surface area contributed by atoms with Crippen LogP contribution in [-0.4, -0.2) is 44.3 Å². The molecule has 0 aliphatic heterocycles. The molecule has 3 aromatic rings. The van der Waals surface area contributed by atoms with E-state index in [2.05, 4.69) is 5.32 Å². The topological polar surface area (TPSA) is 86.8 Å². The van der Waals surface area contributed by atoms with Crippen LogP contribution in [0.3, 0.4) is 0 Å². The minimum Gasteiger partial charge on any atom is -0.354 e. The zero-order valence-electron chi connectivity index (χ0n) is 23.5. The van der Waals surface area contributed by atoms with Crippen LogP contribution in [0.2, 0.25) is 0 Å². The van der Waals surface area contributed by atoms with Crippen molar-refractivity contribution in [3.8, 4) is 0 Å². The zero-order valence-corrected chi connectivity index (χ0v) is 24.3. The Kier molecular flexibility index (Phi) is 10.3. The first-order chi connectivity index (χ1) is 18.6. The summed E-state index contributed by atoms with van der Waals surface area (Å²) in [5, 5.41) is 2.91. The Morgan fingerprint density at radius 3 is 2.13 bits per heavy atom. The Bertz CT molecular complexity index is 1390. The summed E-state index contributed by atoms with van der Waals surface area (Å²) in [6, 6.07) is 20.4. The second-order valence-electron chi connectivity index (χ2n) is 9.76. The van der Waals surface area contributed by atoms with E-state index >= 15 is 0 Å². The molecule has 1 atom stereocenters. The monoisotopic (exact) mass is 549 g/mol. The van der Waals surface area contributed by atoms with E-state index in [1.54, 1.807) is 30.3 Å². The van der Waals surface area contributed by atoms with E-state index < -0.39 is 28.5 Å². The highest BCUT2D eigenvalue weighted by atomic mass is 32.2. The fourth-order valence-corrected chi connectivity index (χ4v) is 5.81. The standard InChI is InChI=1S/C31H39N3O4S/c1-6-19-32-31(36)29(7-2)33(21-26-14-12-11-13-24(26)4)30(35)22-34(27-18-17-23(3)25(5)20-27)39(37,38)28-15-9-8-10-16-28/h8-18,20,29H,6-7,19,21-22H2,1-5H3,(H,32,36)/t29-/m1/s1. The molecule has 0 saturated carbocycles. The van der Waals surface area contributed by atoms with Gasteiger partial charge in [0.1, 0.15) is 12.6 Å². The largest absolute Gasteiger partial charge is 0.354 e. The predicted molar refractivity (Wildman–Crippen MR) is 156 cm³/mol. The van der Waals surface area contributed by atoms with E-state index in [1.807, 2.05) is 65.0 Å². The van der Waals surface area contributed by atoms with Crippen LogP contribution in [0.1, 0.15) is 48.9 Å². The maximum absolute atomic E-state index is 14.1. The number of nitrogens with zero attached hydrogens (tertiary/aromatic N) is 2. The maximum atomic E-state index is 14.1. The van der Waals surface area contributed by atoms with Crippen LogP contribution < -0.4 is 9.62 Å². The molecule has 2 amide bonds.